The highest BCUT2D eigenvalue weighted by Crippen LogP contribution is 2.24. The summed E-state index contributed by atoms with van der Waals surface area (Å²) in [4.78, 5) is 11.9. The maximum atomic E-state index is 11.9. The fourth-order valence-corrected chi connectivity index (χ4v) is 2.08. The van der Waals surface area contributed by atoms with Crippen LogP contribution in [-0.2, 0) is 0 Å². The van der Waals surface area contributed by atoms with Gasteiger partial charge in [0.25, 0.3) is 0 Å². The number of halogens is 1. The molecule has 20 heavy (non-hydrogen) atoms. The number of carbonyl (C=O) groups excluding carboxylic acids is 1. The Morgan fingerprint density at radius 3 is 2.70 bits per heavy atom. The molecule has 0 fully saturated rings. The van der Waals surface area contributed by atoms with Crippen molar-refractivity contribution in [3.8, 4) is 6.07 Å². The van der Waals surface area contributed by atoms with Gasteiger partial charge in [0.2, 0.25) is 0 Å². The van der Waals surface area contributed by atoms with E-state index < -0.39 is 6.03 Å². The standard InChI is InChI=1S/C14H11BrN4O/c15-12-7-10(17)4-5-13(12)19-14(20)18-11-3-1-2-9(6-11)8-16/h1-7H,17H2,(H2,18,19,20). The zero-order valence-corrected chi connectivity index (χ0v) is 11.9. The molecule has 2 aromatic rings. The molecule has 0 aliphatic rings. The zero-order valence-electron chi connectivity index (χ0n) is 10.4. The summed E-state index contributed by atoms with van der Waals surface area (Å²) >= 11 is 3.32. The number of benzene rings is 2. The lowest BCUT2D eigenvalue weighted by atomic mass is 10.2. The van der Waals surface area contributed by atoms with Crippen molar-refractivity contribution in [3.63, 3.8) is 0 Å². The van der Waals surface area contributed by atoms with E-state index in [9.17, 15) is 4.79 Å². The minimum atomic E-state index is -0.398. The van der Waals surface area contributed by atoms with E-state index in [4.69, 9.17) is 11.0 Å². The highest BCUT2D eigenvalue weighted by Gasteiger charge is 2.06. The normalized spacial score (nSPS) is 9.60. The molecular formula is C14H11BrN4O. The van der Waals surface area contributed by atoms with Crippen LogP contribution in [0.1, 0.15) is 5.56 Å². The van der Waals surface area contributed by atoms with Crippen LogP contribution in [0.2, 0.25) is 0 Å². The van der Waals surface area contributed by atoms with E-state index in [2.05, 4.69) is 26.6 Å². The number of amides is 2. The fourth-order valence-electron chi connectivity index (χ4n) is 1.58. The molecule has 0 aromatic heterocycles. The number of nitrogens with zero attached hydrogens (tertiary/aromatic N) is 1. The van der Waals surface area contributed by atoms with Crippen molar-refractivity contribution in [2.75, 3.05) is 16.4 Å². The van der Waals surface area contributed by atoms with Gasteiger partial charge in [-0.1, -0.05) is 6.07 Å². The molecule has 5 nitrogen and oxygen atoms in total. The second-order valence-electron chi connectivity index (χ2n) is 4.01. The number of nitrogen functional groups attached to an aromatic ring is 1. The molecular weight excluding hydrogens is 320 g/mol. The van der Waals surface area contributed by atoms with Gasteiger partial charge in [0.1, 0.15) is 0 Å². The van der Waals surface area contributed by atoms with Crippen molar-refractivity contribution >= 4 is 39.0 Å². The van der Waals surface area contributed by atoms with Crippen molar-refractivity contribution < 1.29 is 4.79 Å². The molecule has 4 N–H and O–H groups in total. The molecule has 0 atom stereocenters. The third-order valence-electron chi connectivity index (χ3n) is 2.49. The Kier molecular flexibility index (Phi) is 4.23. The van der Waals surface area contributed by atoms with E-state index in [-0.39, 0.29) is 0 Å². The highest BCUT2D eigenvalue weighted by molar-refractivity contribution is 9.10. The fraction of sp³-hybridized carbons (Fsp3) is 0. The van der Waals surface area contributed by atoms with Crippen molar-refractivity contribution in [1.29, 1.82) is 5.26 Å². The first-order valence-electron chi connectivity index (χ1n) is 5.71. The number of carbonyl (C=O) groups is 1. The van der Waals surface area contributed by atoms with Crippen molar-refractivity contribution in [1.82, 2.24) is 0 Å². The Labute approximate surface area is 124 Å². The smallest absolute Gasteiger partial charge is 0.323 e. The predicted octanol–water partition coefficient (Wildman–Crippen LogP) is 3.55. The summed E-state index contributed by atoms with van der Waals surface area (Å²) in [5.41, 5.74) is 7.86. The van der Waals surface area contributed by atoms with Gasteiger partial charge in [0.05, 0.1) is 17.3 Å². The van der Waals surface area contributed by atoms with Crippen LogP contribution in [0.15, 0.2) is 46.9 Å². The minimum absolute atomic E-state index is 0.398. The lowest BCUT2D eigenvalue weighted by molar-refractivity contribution is 0.262. The number of urea groups is 1. The summed E-state index contributed by atoms with van der Waals surface area (Å²) in [6.45, 7) is 0. The van der Waals surface area contributed by atoms with Crippen LogP contribution in [0.3, 0.4) is 0 Å². The van der Waals surface area contributed by atoms with E-state index in [1.807, 2.05) is 6.07 Å². The van der Waals surface area contributed by atoms with Crippen LogP contribution in [0.25, 0.3) is 0 Å². The van der Waals surface area contributed by atoms with Gasteiger partial charge >= 0.3 is 6.03 Å². The Hall–Kier alpha value is -2.52. The van der Waals surface area contributed by atoms with Crippen molar-refractivity contribution in [2.24, 2.45) is 0 Å². The molecule has 0 aliphatic carbocycles. The number of hydrogen-bond acceptors (Lipinski definition) is 3. The third kappa shape index (κ3) is 3.49. The molecule has 0 saturated carbocycles. The van der Waals surface area contributed by atoms with Gasteiger partial charge < -0.3 is 16.4 Å². The van der Waals surface area contributed by atoms with Crippen LogP contribution in [0, 0.1) is 11.3 Å². The molecule has 100 valence electrons. The van der Waals surface area contributed by atoms with Crippen LogP contribution < -0.4 is 16.4 Å². The SMILES string of the molecule is N#Cc1cccc(NC(=O)Nc2ccc(N)cc2Br)c1. The van der Waals surface area contributed by atoms with E-state index in [1.54, 1.807) is 42.5 Å². The summed E-state index contributed by atoms with van der Waals surface area (Å²) < 4.78 is 0.693. The number of nitrogens with two attached hydrogens (primary N) is 1. The number of hydrogen-bond donors (Lipinski definition) is 3. The summed E-state index contributed by atoms with van der Waals surface area (Å²) in [6, 6.07) is 13.4. The maximum absolute atomic E-state index is 11.9. The topological polar surface area (TPSA) is 90.9 Å². The summed E-state index contributed by atoms with van der Waals surface area (Å²) in [6.07, 6.45) is 0. The third-order valence-corrected chi connectivity index (χ3v) is 3.15. The molecule has 0 spiro atoms. The minimum Gasteiger partial charge on any atom is -0.399 e. The lowest BCUT2D eigenvalue weighted by Gasteiger charge is -2.09. The zero-order chi connectivity index (χ0) is 14.5. The van der Waals surface area contributed by atoms with Crippen LogP contribution in [-0.4, -0.2) is 6.03 Å². The molecule has 0 aliphatic heterocycles. The second-order valence-corrected chi connectivity index (χ2v) is 4.87. The number of nitriles is 1. The molecule has 0 radical (unpaired) electrons. The molecule has 2 rings (SSSR count). The van der Waals surface area contributed by atoms with Crippen LogP contribution >= 0.6 is 15.9 Å². The lowest BCUT2D eigenvalue weighted by Crippen LogP contribution is -2.19. The Balaban J connectivity index is 2.07. The summed E-state index contributed by atoms with van der Waals surface area (Å²) in [7, 11) is 0. The van der Waals surface area contributed by atoms with Crippen LogP contribution in [0.4, 0.5) is 21.9 Å². The Bertz CT molecular complexity index is 694. The summed E-state index contributed by atoms with van der Waals surface area (Å²) in [5, 5.41) is 14.1. The molecule has 0 bridgehead atoms. The number of anilines is 3. The maximum Gasteiger partial charge on any atom is 0.323 e. The van der Waals surface area contributed by atoms with Gasteiger partial charge in [-0.2, -0.15) is 5.26 Å². The van der Waals surface area contributed by atoms with Gasteiger partial charge in [0, 0.05) is 15.8 Å². The van der Waals surface area contributed by atoms with Gasteiger partial charge in [0.15, 0.2) is 0 Å². The van der Waals surface area contributed by atoms with E-state index >= 15 is 0 Å². The highest BCUT2D eigenvalue weighted by atomic mass is 79.9. The van der Waals surface area contributed by atoms with Gasteiger partial charge in [-0.25, -0.2) is 4.79 Å². The van der Waals surface area contributed by atoms with Crippen LogP contribution in [0.5, 0.6) is 0 Å². The van der Waals surface area contributed by atoms with Crippen molar-refractivity contribution in [3.05, 3.63) is 52.5 Å². The molecule has 0 heterocycles. The molecule has 0 saturated heterocycles. The monoisotopic (exact) mass is 330 g/mol. The van der Waals surface area contributed by atoms with Gasteiger partial charge in [-0.3, -0.25) is 0 Å². The Morgan fingerprint density at radius 1 is 1.20 bits per heavy atom. The van der Waals surface area contributed by atoms with Gasteiger partial charge in [-0.15, -0.1) is 0 Å². The second kappa shape index (κ2) is 6.08. The molecule has 2 amide bonds. The van der Waals surface area contributed by atoms with E-state index in [0.29, 0.717) is 27.1 Å². The number of nitrogens with one attached hydrogen (secondary N) is 2. The van der Waals surface area contributed by atoms with E-state index in [0.717, 1.165) is 0 Å². The predicted molar refractivity (Wildman–Crippen MR) is 82.4 cm³/mol. The molecule has 0 unspecified atom stereocenters. The molecule has 2 aromatic carbocycles. The van der Waals surface area contributed by atoms with E-state index in [1.165, 1.54) is 0 Å². The first-order chi connectivity index (χ1) is 9.58. The Morgan fingerprint density at radius 2 is 2.00 bits per heavy atom. The first-order valence-corrected chi connectivity index (χ1v) is 6.51. The van der Waals surface area contributed by atoms with Gasteiger partial charge in [-0.05, 0) is 52.3 Å². The van der Waals surface area contributed by atoms with Crippen molar-refractivity contribution in [2.45, 2.75) is 0 Å². The average molecular weight is 331 g/mol. The first kappa shape index (κ1) is 13.9. The largest absolute Gasteiger partial charge is 0.399 e. The average Bonchev–Trinajstić information content (AvgIpc) is 2.42. The quantitative estimate of drug-likeness (QED) is 0.735. The summed E-state index contributed by atoms with van der Waals surface area (Å²) in [5.74, 6) is 0. The molecule has 6 heteroatoms. The number of rotatable bonds is 2.